The summed E-state index contributed by atoms with van der Waals surface area (Å²) >= 11 is 0. The number of likely N-dealkylation sites (tertiary alicyclic amines) is 1. The molecule has 0 radical (unpaired) electrons. The van der Waals surface area contributed by atoms with Gasteiger partial charge in [-0.25, -0.2) is 0 Å². The van der Waals surface area contributed by atoms with Crippen molar-refractivity contribution >= 4 is 16.8 Å². The number of para-hydroxylation sites is 1. The standard InChI is InChI=1S/C23H27N3O/c27-23(12-16-26-15-11-19-7-3-4-10-22(19)26)24-17-20-8-1-2-9-21(20)18-25-13-5-6-14-25/h1-4,7-11,15H,5-6,12-14,16-18H2,(H,24,27). The maximum atomic E-state index is 12.4. The molecule has 0 unspecified atom stereocenters. The minimum absolute atomic E-state index is 0.101. The molecule has 1 saturated heterocycles. The van der Waals surface area contributed by atoms with E-state index in [1.54, 1.807) is 0 Å². The van der Waals surface area contributed by atoms with E-state index in [0.717, 1.165) is 6.54 Å². The van der Waals surface area contributed by atoms with Gasteiger partial charge < -0.3 is 9.88 Å². The molecule has 2 aromatic carbocycles. The number of aryl methyl sites for hydroxylation is 1. The van der Waals surface area contributed by atoms with Crippen LogP contribution in [-0.4, -0.2) is 28.5 Å². The minimum atomic E-state index is 0.101. The molecule has 1 amide bonds. The zero-order chi connectivity index (χ0) is 18.5. The van der Waals surface area contributed by atoms with E-state index >= 15 is 0 Å². The highest BCUT2D eigenvalue weighted by Gasteiger charge is 2.14. The van der Waals surface area contributed by atoms with Crippen LogP contribution in [0.3, 0.4) is 0 Å². The van der Waals surface area contributed by atoms with Crippen molar-refractivity contribution in [2.45, 2.75) is 38.9 Å². The quantitative estimate of drug-likeness (QED) is 0.692. The highest BCUT2D eigenvalue weighted by molar-refractivity contribution is 5.80. The fraction of sp³-hybridized carbons (Fsp3) is 0.348. The number of rotatable bonds is 7. The van der Waals surface area contributed by atoms with Crippen LogP contribution in [-0.2, 0) is 24.4 Å². The second kappa shape index (κ2) is 8.40. The zero-order valence-electron chi connectivity index (χ0n) is 15.7. The molecule has 4 heteroatoms. The third-order valence-electron chi connectivity index (χ3n) is 5.45. The van der Waals surface area contributed by atoms with Crippen molar-refractivity contribution in [1.29, 1.82) is 0 Å². The molecule has 1 fully saturated rings. The molecule has 1 aliphatic rings. The number of aromatic nitrogens is 1. The number of hydrogen-bond acceptors (Lipinski definition) is 2. The third kappa shape index (κ3) is 4.40. The van der Waals surface area contributed by atoms with E-state index in [0.29, 0.717) is 19.5 Å². The van der Waals surface area contributed by atoms with E-state index in [1.807, 2.05) is 12.1 Å². The molecule has 0 aliphatic carbocycles. The van der Waals surface area contributed by atoms with Gasteiger partial charge in [-0.3, -0.25) is 9.69 Å². The number of nitrogens with one attached hydrogen (secondary N) is 1. The van der Waals surface area contributed by atoms with Gasteiger partial charge in [0.1, 0.15) is 0 Å². The predicted octanol–water partition coefficient (Wildman–Crippen LogP) is 3.94. The molecule has 4 nitrogen and oxygen atoms in total. The maximum Gasteiger partial charge on any atom is 0.222 e. The van der Waals surface area contributed by atoms with Crippen LogP contribution in [0.4, 0.5) is 0 Å². The van der Waals surface area contributed by atoms with Crippen molar-refractivity contribution in [2.75, 3.05) is 13.1 Å². The lowest BCUT2D eigenvalue weighted by Gasteiger charge is -2.17. The first-order valence-corrected chi connectivity index (χ1v) is 9.89. The van der Waals surface area contributed by atoms with Crippen LogP contribution in [0.5, 0.6) is 0 Å². The Morgan fingerprint density at radius 1 is 0.926 bits per heavy atom. The molecule has 0 bridgehead atoms. The Labute approximate surface area is 160 Å². The molecular formula is C23H27N3O. The van der Waals surface area contributed by atoms with Gasteiger partial charge in [0.15, 0.2) is 0 Å². The summed E-state index contributed by atoms with van der Waals surface area (Å²) in [5.41, 5.74) is 3.74. The summed E-state index contributed by atoms with van der Waals surface area (Å²) in [5, 5.41) is 4.32. The molecular weight excluding hydrogens is 334 g/mol. The summed E-state index contributed by atoms with van der Waals surface area (Å²) in [7, 11) is 0. The summed E-state index contributed by atoms with van der Waals surface area (Å²) in [4.78, 5) is 14.9. The van der Waals surface area contributed by atoms with Gasteiger partial charge in [-0.1, -0.05) is 42.5 Å². The Hall–Kier alpha value is -2.59. The lowest BCUT2D eigenvalue weighted by atomic mass is 10.1. The Bertz CT molecular complexity index is 909. The summed E-state index contributed by atoms with van der Waals surface area (Å²) in [5.74, 6) is 0.101. The normalized spacial score (nSPS) is 14.7. The first-order valence-electron chi connectivity index (χ1n) is 9.89. The Morgan fingerprint density at radius 2 is 1.67 bits per heavy atom. The first kappa shape index (κ1) is 17.8. The van der Waals surface area contributed by atoms with Crippen molar-refractivity contribution in [2.24, 2.45) is 0 Å². The van der Waals surface area contributed by atoms with Gasteiger partial charge in [0, 0.05) is 37.8 Å². The highest BCUT2D eigenvalue weighted by atomic mass is 16.1. The SMILES string of the molecule is O=C(CCn1ccc2ccccc21)NCc1ccccc1CN1CCCC1. The second-order valence-corrected chi connectivity index (χ2v) is 7.35. The molecule has 3 aromatic rings. The topological polar surface area (TPSA) is 37.3 Å². The van der Waals surface area contributed by atoms with Crippen LogP contribution in [0.25, 0.3) is 10.9 Å². The first-order chi connectivity index (χ1) is 13.3. The number of fused-ring (bicyclic) bond motifs is 1. The number of carbonyl (C=O) groups excluding carboxylic acids is 1. The van der Waals surface area contributed by atoms with Gasteiger partial charge in [-0.2, -0.15) is 0 Å². The monoisotopic (exact) mass is 361 g/mol. The second-order valence-electron chi connectivity index (χ2n) is 7.35. The Kier molecular flexibility index (Phi) is 5.54. The molecule has 0 spiro atoms. The van der Waals surface area contributed by atoms with Crippen LogP contribution in [0.1, 0.15) is 30.4 Å². The van der Waals surface area contributed by atoms with Gasteiger partial charge in [-0.05, 0) is 54.6 Å². The van der Waals surface area contributed by atoms with Gasteiger partial charge in [0.05, 0.1) is 0 Å². The number of hydrogen-bond donors (Lipinski definition) is 1. The van der Waals surface area contributed by atoms with Crippen LogP contribution in [0.2, 0.25) is 0 Å². The Balaban J connectivity index is 1.31. The molecule has 0 saturated carbocycles. The number of amides is 1. The lowest BCUT2D eigenvalue weighted by Crippen LogP contribution is -2.25. The van der Waals surface area contributed by atoms with Crippen molar-refractivity contribution < 1.29 is 4.79 Å². The summed E-state index contributed by atoms with van der Waals surface area (Å²) in [6.07, 6.45) is 5.15. The average Bonchev–Trinajstić information content (AvgIpc) is 3.35. The van der Waals surface area contributed by atoms with Gasteiger partial charge in [-0.15, -0.1) is 0 Å². The van der Waals surface area contributed by atoms with Gasteiger partial charge in [0.25, 0.3) is 0 Å². The van der Waals surface area contributed by atoms with Crippen LogP contribution in [0.15, 0.2) is 60.8 Å². The van der Waals surface area contributed by atoms with Crippen molar-refractivity contribution in [1.82, 2.24) is 14.8 Å². The highest BCUT2D eigenvalue weighted by Crippen LogP contribution is 2.17. The maximum absolute atomic E-state index is 12.4. The van der Waals surface area contributed by atoms with E-state index in [-0.39, 0.29) is 5.91 Å². The van der Waals surface area contributed by atoms with E-state index in [2.05, 4.69) is 63.4 Å². The average molecular weight is 361 g/mol. The number of benzene rings is 2. The summed E-state index contributed by atoms with van der Waals surface area (Å²) < 4.78 is 2.15. The van der Waals surface area contributed by atoms with Crippen molar-refractivity contribution in [3.63, 3.8) is 0 Å². The zero-order valence-corrected chi connectivity index (χ0v) is 15.7. The van der Waals surface area contributed by atoms with E-state index in [9.17, 15) is 4.79 Å². The molecule has 27 heavy (non-hydrogen) atoms. The number of nitrogens with zero attached hydrogens (tertiary/aromatic N) is 2. The third-order valence-corrected chi connectivity index (χ3v) is 5.45. The van der Waals surface area contributed by atoms with Crippen LogP contribution >= 0.6 is 0 Å². The van der Waals surface area contributed by atoms with Gasteiger partial charge >= 0.3 is 0 Å². The van der Waals surface area contributed by atoms with Crippen molar-refractivity contribution in [3.8, 4) is 0 Å². The van der Waals surface area contributed by atoms with E-state index in [4.69, 9.17) is 0 Å². The molecule has 4 rings (SSSR count). The summed E-state index contributed by atoms with van der Waals surface area (Å²) in [6, 6.07) is 18.8. The predicted molar refractivity (Wildman–Crippen MR) is 109 cm³/mol. The number of carbonyl (C=O) groups is 1. The lowest BCUT2D eigenvalue weighted by molar-refractivity contribution is -0.121. The molecule has 1 aliphatic heterocycles. The Morgan fingerprint density at radius 3 is 2.52 bits per heavy atom. The molecule has 1 N–H and O–H groups in total. The smallest absolute Gasteiger partial charge is 0.222 e. The molecule has 2 heterocycles. The van der Waals surface area contributed by atoms with E-state index in [1.165, 1.54) is 48.0 Å². The van der Waals surface area contributed by atoms with E-state index < -0.39 is 0 Å². The molecule has 0 atom stereocenters. The van der Waals surface area contributed by atoms with Crippen molar-refractivity contribution in [3.05, 3.63) is 71.9 Å². The fourth-order valence-corrected chi connectivity index (χ4v) is 3.91. The van der Waals surface area contributed by atoms with Crippen LogP contribution in [0, 0.1) is 0 Å². The van der Waals surface area contributed by atoms with Gasteiger partial charge in [0.2, 0.25) is 5.91 Å². The largest absolute Gasteiger partial charge is 0.352 e. The minimum Gasteiger partial charge on any atom is -0.352 e. The van der Waals surface area contributed by atoms with Crippen LogP contribution < -0.4 is 5.32 Å². The molecule has 1 aromatic heterocycles. The summed E-state index contributed by atoms with van der Waals surface area (Å²) in [6.45, 7) is 4.67. The fourth-order valence-electron chi connectivity index (χ4n) is 3.91. The molecule has 140 valence electrons.